The van der Waals surface area contributed by atoms with Gasteiger partial charge in [0.2, 0.25) is 0 Å². The molecule has 5 heteroatoms. The van der Waals surface area contributed by atoms with Crippen LogP contribution in [0.15, 0.2) is 78.9 Å². The van der Waals surface area contributed by atoms with Crippen molar-refractivity contribution in [1.29, 1.82) is 0 Å². The molecule has 5 rings (SSSR count). The second kappa shape index (κ2) is 6.51. The van der Waals surface area contributed by atoms with Crippen LogP contribution in [-0.2, 0) is 0 Å². The fraction of sp³-hybridized carbons (Fsp3) is 0.0833. The van der Waals surface area contributed by atoms with E-state index < -0.39 is 17.1 Å². The van der Waals surface area contributed by atoms with Gasteiger partial charge in [0.15, 0.2) is 0 Å². The zero-order valence-electron chi connectivity index (χ0n) is 15.3. The summed E-state index contributed by atoms with van der Waals surface area (Å²) in [5.41, 5.74) is 4.78. The van der Waals surface area contributed by atoms with Gasteiger partial charge in [0.25, 0.3) is 5.69 Å². The number of rotatable bonds is 2. The molecule has 5 nitrogen and oxygen atoms in total. The molecule has 2 atom stereocenters. The number of non-ortho nitro benzene ring substituents is 1. The Kier molecular flexibility index (Phi) is 3.94. The van der Waals surface area contributed by atoms with Crippen molar-refractivity contribution in [3.63, 3.8) is 0 Å². The molecular weight excluding hydrogens is 366 g/mol. The first kappa shape index (κ1) is 17.6. The van der Waals surface area contributed by atoms with Crippen molar-refractivity contribution >= 4 is 16.5 Å². The summed E-state index contributed by atoms with van der Waals surface area (Å²) in [7, 11) is 0. The minimum absolute atomic E-state index is 0.0276. The molecule has 0 aliphatic heterocycles. The quantitative estimate of drug-likeness (QED) is 0.370. The summed E-state index contributed by atoms with van der Waals surface area (Å²) in [5.74, 6) is 0. The SMILES string of the molecule is O=[N+]([O-])c1ccc(-c2cccc3c2-c2c(ccc4ccccc24)[C@H](O)[C@H]3O)cc1. The largest absolute Gasteiger partial charge is 0.385 e. The van der Waals surface area contributed by atoms with Crippen molar-refractivity contribution in [3.8, 4) is 22.3 Å². The number of fused-ring (bicyclic) bond motifs is 5. The summed E-state index contributed by atoms with van der Waals surface area (Å²) in [6.07, 6.45) is -2.06. The van der Waals surface area contributed by atoms with Gasteiger partial charge in [-0.05, 0) is 56.3 Å². The number of nitro benzene ring substituents is 1. The van der Waals surface area contributed by atoms with Crippen molar-refractivity contribution in [2.75, 3.05) is 0 Å². The summed E-state index contributed by atoms with van der Waals surface area (Å²) < 4.78 is 0. The molecule has 0 aromatic heterocycles. The first-order valence-electron chi connectivity index (χ1n) is 9.32. The van der Waals surface area contributed by atoms with Gasteiger partial charge in [0.05, 0.1) is 4.92 Å². The van der Waals surface area contributed by atoms with E-state index in [4.69, 9.17) is 0 Å². The second-order valence-electron chi connectivity index (χ2n) is 7.21. The predicted octanol–water partition coefficient (Wildman–Crippen LogP) is 5.16. The monoisotopic (exact) mass is 383 g/mol. The lowest BCUT2D eigenvalue weighted by atomic mass is 9.77. The number of aliphatic hydroxyl groups excluding tert-OH is 2. The van der Waals surface area contributed by atoms with Crippen LogP contribution in [0.1, 0.15) is 23.3 Å². The highest BCUT2D eigenvalue weighted by Gasteiger charge is 2.33. The summed E-state index contributed by atoms with van der Waals surface area (Å²) in [4.78, 5) is 10.6. The van der Waals surface area contributed by atoms with Crippen molar-refractivity contribution in [1.82, 2.24) is 0 Å². The van der Waals surface area contributed by atoms with Gasteiger partial charge in [0, 0.05) is 12.1 Å². The molecule has 0 saturated heterocycles. The Morgan fingerprint density at radius 1 is 0.724 bits per heavy atom. The first-order chi connectivity index (χ1) is 14.1. The third-order valence-electron chi connectivity index (χ3n) is 5.63. The third kappa shape index (κ3) is 2.63. The van der Waals surface area contributed by atoms with Crippen LogP contribution in [0, 0.1) is 10.1 Å². The van der Waals surface area contributed by atoms with E-state index in [1.54, 1.807) is 12.1 Å². The molecule has 0 unspecified atom stereocenters. The average Bonchev–Trinajstić information content (AvgIpc) is 2.76. The maximum atomic E-state index is 11.0. The highest BCUT2D eigenvalue weighted by atomic mass is 16.6. The number of aliphatic hydroxyl groups is 2. The van der Waals surface area contributed by atoms with E-state index in [1.165, 1.54) is 12.1 Å². The van der Waals surface area contributed by atoms with Gasteiger partial charge in [-0.15, -0.1) is 0 Å². The molecule has 1 aliphatic carbocycles. The lowest BCUT2D eigenvalue weighted by Gasteiger charge is -2.31. The second-order valence-corrected chi connectivity index (χ2v) is 7.21. The minimum Gasteiger partial charge on any atom is -0.385 e. The van der Waals surface area contributed by atoms with Crippen molar-refractivity contribution in [2.24, 2.45) is 0 Å². The molecule has 0 heterocycles. The van der Waals surface area contributed by atoms with Gasteiger partial charge in [-0.1, -0.05) is 54.6 Å². The van der Waals surface area contributed by atoms with E-state index in [9.17, 15) is 20.3 Å². The van der Waals surface area contributed by atoms with Gasteiger partial charge >= 0.3 is 0 Å². The molecule has 1 aliphatic rings. The van der Waals surface area contributed by atoms with Crippen molar-refractivity contribution < 1.29 is 15.1 Å². The standard InChI is InChI=1S/C24H17NO4/c26-23-19-7-3-6-18(15-8-11-16(12-9-15)25(28)29)21(19)22-17-5-2-1-4-14(17)10-13-20(22)24(23)27/h1-13,23-24,26-27H/t23-,24-/m0/s1. The third-order valence-corrected chi connectivity index (χ3v) is 5.63. The predicted molar refractivity (Wildman–Crippen MR) is 111 cm³/mol. The van der Waals surface area contributed by atoms with E-state index >= 15 is 0 Å². The molecule has 0 fully saturated rings. The zero-order valence-corrected chi connectivity index (χ0v) is 15.3. The van der Waals surface area contributed by atoms with Gasteiger partial charge in [0.1, 0.15) is 12.2 Å². The number of nitrogens with zero attached hydrogens (tertiary/aromatic N) is 1. The van der Waals surface area contributed by atoms with Crippen LogP contribution >= 0.6 is 0 Å². The summed E-state index contributed by atoms with van der Waals surface area (Å²) in [5, 5.41) is 34.6. The minimum atomic E-state index is -1.04. The normalized spacial score (nSPS) is 17.6. The van der Waals surface area contributed by atoms with E-state index in [0.29, 0.717) is 11.1 Å². The Labute approximate surface area is 166 Å². The lowest BCUT2D eigenvalue weighted by molar-refractivity contribution is -0.384. The Bertz CT molecular complexity index is 1260. The highest BCUT2D eigenvalue weighted by Crippen LogP contribution is 2.50. The van der Waals surface area contributed by atoms with Crippen LogP contribution in [-0.4, -0.2) is 15.1 Å². The number of benzene rings is 4. The summed E-state index contributed by atoms with van der Waals surface area (Å²) in [6.45, 7) is 0. The van der Waals surface area contributed by atoms with Gasteiger partial charge in [-0.25, -0.2) is 0 Å². The molecule has 29 heavy (non-hydrogen) atoms. The Morgan fingerprint density at radius 2 is 1.41 bits per heavy atom. The molecule has 0 saturated carbocycles. The molecule has 0 amide bonds. The maximum absolute atomic E-state index is 11.0. The molecule has 4 aromatic carbocycles. The fourth-order valence-electron chi connectivity index (χ4n) is 4.25. The summed E-state index contributed by atoms with van der Waals surface area (Å²) in [6, 6.07) is 23.7. The van der Waals surface area contributed by atoms with E-state index in [2.05, 4.69) is 0 Å². The molecular formula is C24H17NO4. The topological polar surface area (TPSA) is 83.6 Å². The van der Waals surface area contributed by atoms with Crippen molar-refractivity contribution in [2.45, 2.75) is 12.2 Å². The van der Waals surface area contributed by atoms with Crippen LogP contribution in [0.5, 0.6) is 0 Å². The first-order valence-corrected chi connectivity index (χ1v) is 9.32. The molecule has 4 aromatic rings. The van der Waals surface area contributed by atoms with Gasteiger partial charge in [-0.2, -0.15) is 0 Å². The molecule has 2 N–H and O–H groups in total. The summed E-state index contributed by atoms with van der Waals surface area (Å²) >= 11 is 0. The van der Waals surface area contributed by atoms with Crippen LogP contribution < -0.4 is 0 Å². The van der Waals surface area contributed by atoms with Gasteiger partial charge < -0.3 is 10.2 Å². The fourth-order valence-corrected chi connectivity index (χ4v) is 4.25. The number of nitro groups is 1. The molecule has 0 radical (unpaired) electrons. The lowest BCUT2D eigenvalue weighted by Crippen LogP contribution is -2.18. The average molecular weight is 383 g/mol. The van der Waals surface area contributed by atoms with Crippen LogP contribution in [0.25, 0.3) is 33.0 Å². The van der Waals surface area contributed by atoms with Gasteiger partial charge in [-0.3, -0.25) is 10.1 Å². The number of hydrogen-bond donors (Lipinski definition) is 2. The van der Waals surface area contributed by atoms with Crippen LogP contribution in [0.2, 0.25) is 0 Å². The van der Waals surface area contributed by atoms with Crippen LogP contribution in [0.4, 0.5) is 5.69 Å². The molecule has 142 valence electrons. The zero-order chi connectivity index (χ0) is 20.1. The van der Waals surface area contributed by atoms with E-state index in [1.807, 2.05) is 54.6 Å². The Morgan fingerprint density at radius 3 is 2.14 bits per heavy atom. The Balaban J connectivity index is 1.84. The smallest absolute Gasteiger partial charge is 0.269 e. The molecule has 0 spiro atoms. The van der Waals surface area contributed by atoms with E-state index in [0.717, 1.165) is 33.0 Å². The van der Waals surface area contributed by atoms with Crippen LogP contribution in [0.3, 0.4) is 0 Å². The van der Waals surface area contributed by atoms with Crippen molar-refractivity contribution in [3.05, 3.63) is 100 Å². The van der Waals surface area contributed by atoms with E-state index in [-0.39, 0.29) is 5.69 Å². The maximum Gasteiger partial charge on any atom is 0.269 e. The highest BCUT2D eigenvalue weighted by molar-refractivity contribution is 6.04. The number of hydrogen-bond acceptors (Lipinski definition) is 4. The Hall–Kier alpha value is -3.54. The molecule has 0 bridgehead atoms.